The molecule has 0 aliphatic carbocycles. The second-order valence-electron chi connectivity index (χ2n) is 3.91. The predicted octanol–water partition coefficient (Wildman–Crippen LogP) is 3.38. The van der Waals surface area contributed by atoms with Gasteiger partial charge in [0.2, 0.25) is 0 Å². The number of anilines is 2. The van der Waals surface area contributed by atoms with Crippen LogP contribution in [0.3, 0.4) is 0 Å². The van der Waals surface area contributed by atoms with Gasteiger partial charge >= 0.3 is 0 Å². The zero-order valence-electron chi connectivity index (χ0n) is 10.3. The van der Waals surface area contributed by atoms with E-state index in [2.05, 4.69) is 5.32 Å². The summed E-state index contributed by atoms with van der Waals surface area (Å²) in [5.41, 5.74) is 6.69. The molecule has 2 aromatic rings. The summed E-state index contributed by atoms with van der Waals surface area (Å²) in [5, 5.41) is 2.68. The quantitative estimate of drug-likeness (QED) is 0.667. The highest BCUT2D eigenvalue weighted by molar-refractivity contribution is 7.98. The second kappa shape index (κ2) is 5.75. The monoisotopic (exact) mass is 276 g/mol. The number of carbonyl (C=O) groups is 1. The van der Waals surface area contributed by atoms with Crippen LogP contribution in [0.4, 0.5) is 15.8 Å². The van der Waals surface area contributed by atoms with E-state index in [9.17, 15) is 9.18 Å². The minimum Gasteiger partial charge on any atom is -0.398 e. The molecule has 3 N–H and O–H groups in total. The second-order valence-corrected chi connectivity index (χ2v) is 4.79. The molecule has 0 heterocycles. The van der Waals surface area contributed by atoms with Crippen molar-refractivity contribution < 1.29 is 9.18 Å². The molecule has 0 aromatic heterocycles. The molecule has 0 unspecified atom stereocenters. The topological polar surface area (TPSA) is 55.1 Å². The third kappa shape index (κ3) is 3.26. The first-order valence-corrected chi connectivity index (χ1v) is 6.83. The highest BCUT2D eigenvalue weighted by atomic mass is 32.2. The molecule has 2 aromatic carbocycles. The minimum absolute atomic E-state index is 0.133. The van der Waals surface area contributed by atoms with Crippen LogP contribution in [0.5, 0.6) is 0 Å². The third-order valence-corrected chi connectivity index (χ3v) is 3.35. The third-order valence-electron chi connectivity index (χ3n) is 2.61. The average molecular weight is 276 g/mol. The SMILES string of the molecule is CSc1ccc(NC(=O)c2cc(F)ccc2N)cc1. The van der Waals surface area contributed by atoms with Gasteiger partial charge in [0.25, 0.3) is 5.91 Å². The van der Waals surface area contributed by atoms with E-state index in [1.54, 1.807) is 23.9 Å². The fraction of sp³-hybridized carbons (Fsp3) is 0.0714. The first-order chi connectivity index (χ1) is 9.10. The Morgan fingerprint density at radius 1 is 1.21 bits per heavy atom. The van der Waals surface area contributed by atoms with Crippen molar-refractivity contribution in [2.75, 3.05) is 17.3 Å². The van der Waals surface area contributed by atoms with Gasteiger partial charge in [-0.25, -0.2) is 4.39 Å². The Morgan fingerprint density at radius 2 is 1.89 bits per heavy atom. The fourth-order valence-corrected chi connectivity index (χ4v) is 2.01. The van der Waals surface area contributed by atoms with Crippen molar-refractivity contribution in [1.82, 2.24) is 0 Å². The molecule has 0 aliphatic heterocycles. The van der Waals surface area contributed by atoms with Gasteiger partial charge < -0.3 is 11.1 Å². The molecule has 0 atom stereocenters. The standard InChI is InChI=1S/C14H13FN2OS/c1-19-11-5-3-10(4-6-11)17-14(18)12-8-9(15)2-7-13(12)16/h2-8H,16H2,1H3,(H,17,18). The van der Waals surface area contributed by atoms with Crippen molar-refractivity contribution in [3.63, 3.8) is 0 Å². The maximum absolute atomic E-state index is 13.1. The average Bonchev–Trinajstić information content (AvgIpc) is 2.42. The highest BCUT2D eigenvalue weighted by Gasteiger charge is 2.11. The number of hydrogen-bond donors (Lipinski definition) is 2. The van der Waals surface area contributed by atoms with Crippen LogP contribution in [-0.2, 0) is 0 Å². The van der Waals surface area contributed by atoms with E-state index < -0.39 is 11.7 Å². The van der Waals surface area contributed by atoms with Crippen LogP contribution in [0.15, 0.2) is 47.4 Å². The number of amides is 1. The zero-order valence-corrected chi connectivity index (χ0v) is 11.1. The lowest BCUT2D eigenvalue weighted by molar-refractivity contribution is 0.102. The molecule has 0 spiro atoms. The largest absolute Gasteiger partial charge is 0.398 e. The minimum atomic E-state index is -0.489. The van der Waals surface area contributed by atoms with Crippen LogP contribution in [0, 0.1) is 5.82 Å². The highest BCUT2D eigenvalue weighted by Crippen LogP contribution is 2.19. The number of nitrogens with two attached hydrogens (primary N) is 1. The summed E-state index contributed by atoms with van der Waals surface area (Å²) in [6.45, 7) is 0. The van der Waals surface area contributed by atoms with Crippen molar-refractivity contribution in [2.24, 2.45) is 0 Å². The normalized spacial score (nSPS) is 10.2. The summed E-state index contributed by atoms with van der Waals surface area (Å²) in [5.74, 6) is -0.911. The summed E-state index contributed by atoms with van der Waals surface area (Å²) in [7, 11) is 0. The summed E-state index contributed by atoms with van der Waals surface area (Å²) < 4.78 is 13.1. The molecule has 0 saturated carbocycles. The Kier molecular flexibility index (Phi) is 4.06. The molecular formula is C14H13FN2OS. The Labute approximate surface area is 115 Å². The molecular weight excluding hydrogens is 263 g/mol. The molecule has 0 fully saturated rings. The van der Waals surface area contributed by atoms with E-state index in [-0.39, 0.29) is 11.3 Å². The van der Waals surface area contributed by atoms with Gasteiger partial charge in [0, 0.05) is 16.3 Å². The van der Waals surface area contributed by atoms with E-state index >= 15 is 0 Å². The smallest absolute Gasteiger partial charge is 0.257 e. The zero-order chi connectivity index (χ0) is 13.8. The number of hydrogen-bond acceptors (Lipinski definition) is 3. The van der Waals surface area contributed by atoms with Gasteiger partial charge in [0.15, 0.2) is 0 Å². The number of rotatable bonds is 3. The van der Waals surface area contributed by atoms with Crippen LogP contribution >= 0.6 is 11.8 Å². The van der Waals surface area contributed by atoms with Gasteiger partial charge in [-0.2, -0.15) is 0 Å². The van der Waals surface area contributed by atoms with Crippen LogP contribution < -0.4 is 11.1 Å². The lowest BCUT2D eigenvalue weighted by atomic mass is 10.1. The van der Waals surface area contributed by atoms with Crippen LogP contribution in [0.25, 0.3) is 0 Å². The maximum Gasteiger partial charge on any atom is 0.257 e. The first kappa shape index (κ1) is 13.4. The molecule has 19 heavy (non-hydrogen) atoms. The summed E-state index contributed by atoms with van der Waals surface area (Å²) >= 11 is 1.61. The van der Waals surface area contributed by atoms with Gasteiger partial charge in [0.1, 0.15) is 5.82 Å². The molecule has 0 saturated heterocycles. The van der Waals surface area contributed by atoms with Crippen LogP contribution in [-0.4, -0.2) is 12.2 Å². The number of thioether (sulfide) groups is 1. The number of nitrogen functional groups attached to an aromatic ring is 1. The Morgan fingerprint density at radius 3 is 2.53 bits per heavy atom. The lowest BCUT2D eigenvalue weighted by Gasteiger charge is -2.08. The molecule has 0 aliphatic rings. The molecule has 1 amide bonds. The summed E-state index contributed by atoms with van der Waals surface area (Å²) in [6, 6.07) is 11.1. The molecule has 3 nitrogen and oxygen atoms in total. The Hall–Kier alpha value is -2.01. The van der Waals surface area contributed by atoms with Crippen molar-refractivity contribution in [1.29, 1.82) is 0 Å². The van der Waals surface area contributed by atoms with E-state index in [4.69, 9.17) is 5.73 Å². The molecule has 0 radical (unpaired) electrons. The van der Waals surface area contributed by atoms with Crippen molar-refractivity contribution in [2.45, 2.75) is 4.90 Å². The number of halogens is 1. The molecule has 2 rings (SSSR count). The van der Waals surface area contributed by atoms with Crippen LogP contribution in [0.2, 0.25) is 0 Å². The molecule has 5 heteroatoms. The van der Waals surface area contributed by atoms with Gasteiger partial charge in [-0.15, -0.1) is 11.8 Å². The number of carbonyl (C=O) groups excluding carboxylic acids is 1. The number of nitrogens with one attached hydrogen (secondary N) is 1. The van der Waals surface area contributed by atoms with Gasteiger partial charge in [-0.05, 0) is 48.7 Å². The van der Waals surface area contributed by atoms with Crippen LogP contribution in [0.1, 0.15) is 10.4 Å². The predicted molar refractivity (Wildman–Crippen MR) is 77.0 cm³/mol. The lowest BCUT2D eigenvalue weighted by Crippen LogP contribution is -2.14. The Balaban J connectivity index is 2.18. The van der Waals surface area contributed by atoms with E-state index in [0.29, 0.717) is 5.69 Å². The fourth-order valence-electron chi connectivity index (χ4n) is 1.60. The first-order valence-electron chi connectivity index (χ1n) is 5.60. The summed E-state index contributed by atoms with van der Waals surface area (Å²) in [6.07, 6.45) is 1.97. The van der Waals surface area contributed by atoms with Gasteiger partial charge in [-0.3, -0.25) is 4.79 Å². The van der Waals surface area contributed by atoms with Crippen molar-refractivity contribution in [3.05, 3.63) is 53.8 Å². The van der Waals surface area contributed by atoms with E-state index in [0.717, 1.165) is 11.0 Å². The van der Waals surface area contributed by atoms with E-state index in [1.165, 1.54) is 12.1 Å². The Bertz CT molecular complexity index is 599. The molecule has 98 valence electrons. The van der Waals surface area contributed by atoms with Gasteiger partial charge in [-0.1, -0.05) is 0 Å². The summed E-state index contributed by atoms with van der Waals surface area (Å²) in [4.78, 5) is 13.1. The maximum atomic E-state index is 13.1. The van der Waals surface area contributed by atoms with Crippen molar-refractivity contribution >= 4 is 29.0 Å². The van der Waals surface area contributed by atoms with Gasteiger partial charge in [0.05, 0.1) is 5.56 Å². The molecule has 0 bridgehead atoms. The van der Waals surface area contributed by atoms with Crippen molar-refractivity contribution in [3.8, 4) is 0 Å². The number of benzene rings is 2. The van der Waals surface area contributed by atoms with E-state index in [1.807, 2.05) is 18.4 Å².